The molecule has 0 saturated heterocycles. The Hall–Kier alpha value is -16.6. The second kappa shape index (κ2) is 37.7. The fourth-order valence-electron chi connectivity index (χ4n) is 19.5. The second-order valence-electron chi connectivity index (χ2n) is 36.9. The number of hydrogen-bond acceptors (Lipinski definition) is 6. The van der Waals surface area contributed by atoms with Crippen molar-refractivity contribution < 1.29 is 106 Å². The molecule has 0 aliphatic carbocycles. The number of imidazole rings is 2. The summed E-state index contributed by atoms with van der Waals surface area (Å²) in [4.78, 5) is 9.69. The molecule has 0 unspecified atom stereocenters. The zero-order valence-corrected chi connectivity index (χ0v) is 82.8. The van der Waals surface area contributed by atoms with Crippen molar-refractivity contribution in [3.63, 3.8) is 0 Å². The van der Waals surface area contributed by atoms with Gasteiger partial charge in [-0.3, -0.25) is 9.13 Å². The molecule has 2 aliphatic heterocycles. The largest absolute Gasteiger partial charge is 0.510 e. The summed E-state index contributed by atoms with van der Waals surface area (Å²) < 4.78 is 267. The predicted molar refractivity (Wildman–Crippen MR) is 577 cm³/mol. The summed E-state index contributed by atoms with van der Waals surface area (Å²) in [5.41, 5.74) is 10.6. The summed E-state index contributed by atoms with van der Waals surface area (Å²) in [6, 6.07) is 88.4. The van der Waals surface area contributed by atoms with Gasteiger partial charge >= 0.3 is 0 Å². The molecule has 0 radical (unpaired) electrons. The number of aryl methyl sites for hydroxylation is 2. The average molecular weight is 2260 g/mol. The van der Waals surface area contributed by atoms with Gasteiger partial charge in [0.25, 0.3) is 19.4 Å². The topological polar surface area (TPSA) is 90.2 Å². The number of fused-ring (bicyclic) bond motifs is 12. The molecule has 704 valence electrons. The van der Waals surface area contributed by atoms with Crippen molar-refractivity contribution in [2.75, 3.05) is 0 Å². The van der Waals surface area contributed by atoms with E-state index in [1.165, 1.54) is 57.7 Å². The number of para-hydroxylation sites is 10. The van der Waals surface area contributed by atoms with Crippen LogP contribution in [-0.4, -0.2) is 34.9 Å². The van der Waals surface area contributed by atoms with Crippen LogP contribution in [0.15, 0.2) is 418 Å². The fraction of sp³-hybridized carbons (Fsp3) is 0.0769. The SMILES string of the molecule is [2H]c1c([2H])c([2H])c(-c2cccc(-c3c([2H])c([2H])c([2H])c([2H])c3[2H])c2-[n+]2[c-]n(-c3[c-]c(Oc4[c-]c5c(cc4)c4ccccc4n5-c4cc(C(C)(C)C)ccn4)cc(-c4c(C([2H])([2H])[2H])cccc4C([2H])([2H])[2H])c3)c3ccccc32)c([2H])c1[2H].[2H]c1c([2H])c([2H])c(-c2cccc(-c3c([2H])c([2H])c([2H])c([2H])c3[2H])c2-[n+]2[c-]n(-c3[c-]c(Oc4[c-]c5c(cc4)c4ccccc4n5-c4cc(C(C)(C)C)ccn4)cc(-c4cc5c6c(c4)Oc4ccccc4B6c4ccccc4O5)c3)c3ccccc32)c([2H])c1[2H].[Pt].[Pt]. The molecular formula is C130H93BN8O4Pt2-4. The summed E-state index contributed by atoms with van der Waals surface area (Å²) in [6.07, 6.45) is 10.5. The summed E-state index contributed by atoms with van der Waals surface area (Å²) in [5, 5.41) is 3.73. The molecule has 15 heteroatoms. The maximum absolute atomic E-state index is 9.24. The van der Waals surface area contributed by atoms with Gasteiger partial charge in [-0.1, -0.05) is 349 Å². The van der Waals surface area contributed by atoms with E-state index in [1.54, 1.807) is 63.9 Å². The first-order chi connectivity index (χ1) is 80.7. The third-order valence-electron chi connectivity index (χ3n) is 26.1. The summed E-state index contributed by atoms with van der Waals surface area (Å²) in [5.74, 6) is 4.87. The van der Waals surface area contributed by atoms with Crippen molar-refractivity contribution in [1.82, 2.24) is 28.2 Å². The van der Waals surface area contributed by atoms with Gasteiger partial charge in [-0.2, -0.15) is 24.3 Å². The van der Waals surface area contributed by atoms with Gasteiger partial charge in [0, 0.05) is 102 Å². The van der Waals surface area contributed by atoms with E-state index in [9.17, 15) is 5.48 Å². The quantitative estimate of drug-likeness (QED) is 0.0544. The smallest absolute Gasteiger partial charge is 0.268 e. The Balaban J connectivity index is 0.000000180. The average Bonchev–Trinajstić information content (AvgIpc) is 1.41. The Morgan fingerprint density at radius 3 is 1.13 bits per heavy atom. The molecule has 0 bridgehead atoms. The Morgan fingerprint density at radius 1 is 0.338 bits per heavy atom. The second-order valence-corrected chi connectivity index (χ2v) is 36.9. The minimum absolute atomic E-state index is 0. The Labute approximate surface area is 908 Å². The fourth-order valence-corrected chi connectivity index (χ4v) is 19.5. The Bertz CT molecular complexity index is 10400. The molecule has 6 aromatic heterocycles. The summed E-state index contributed by atoms with van der Waals surface area (Å²) >= 11 is 0. The molecule has 8 heterocycles. The van der Waals surface area contributed by atoms with Crippen LogP contribution in [0.3, 0.4) is 0 Å². The van der Waals surface area contributed by atoms with Crippen LogP contribution in [0.2, 0.25) is 0 Å². The normalized spacial score (nSPS) is 14.7. The molecule has 0 atom stereocenters. The van der Waals surface area contributed by atoms with Gasteiger partial charge in [0.15, 0.2) is 0 Å². The van der Waals surface area contributed by atoms with Gasteiger partial charge < -0.3 is 37.2 Å². The van der Waals surface area contributed by atoms with Crippen molar-refractivity contribution in [1.29, 1.82) is 0 Å². The van der Waals surface area contributed by atoms with Crippen molar-refractivity contribution in [2.45, 2.75) is 66.1 Å². The minimum atomic E-state index is -2.82. The van der Waals surface area contributed by atoms with Gasteiger partial charge in [-0.05, 0) is 196 Å². The van der Waals surface area contributed by atoms with Gasteiger partial charge in [-0.25, -0.2) is 9.97 Å². The first-order valence-electron chi connectivity index (χ1n) is 59.4. The zero-order valence-electron chi connectivity index (χ0n) is 104. The molecule has 0 amide bonds. The van der Waals surface area contributed by atoms with Crippen LogP contribution in [0.1, 0.15) is 99.4 Å². The van der Waals surface area contributed by atoms with Crippen molar-refractivity contribution in [3.8, 4) is 147 Å². The van der Waals surface area contributed by atoms with Crippen LogP contribution in [-0.2, 0) is 53.0 Å². The Morgan fingerprint density at radius 2 is 0.710 bits per heavy atom. The van der Waals surface area contributed by atoms with Crippen LogP contribution in [0.5, 0.6) is 46.0 Å². The van der Waals surface area contributed by atoms with Crippen LogP contribution >= 0.6 is 0 Å². The van der Waals surface area contributed by atoms with Gasteiger partial charge in [-0.15, -0.1) is 70.4 Å². The molecular weight excluding hydrogens is 2140 g/mol. The number of ether oxygens (including phenoxy) is 4. The predicted octanol–water partition coefficient (Wildman–Crippen LogP) is 29.1. The molecule has 26 rings (SSSR count). The van der Waals surface area contributed by atoms with Crippen molar-refractivity contribution in [3.05, 3.63) is 478 Å². The third kappa shape index (κ3) is 16.8. The van der Waals surface area contributed by atoms with E-state index in [0.29, 0.717) is 67.5 Å². The monoisotopic (exact) mass is 2260 g/mol. The minimum Gasteiger partial charge on any atom is -0.510 e. The van der Waals surface area contributed by atoms with Crippen molar-refractivity contribution in [2.24, 2.45) is 0 Å². The molecule has 0 N–H and O–H groups in total. The first-order valence-corrected chi connectivity index (χ1v) is 46.4. The maximum Gasteiger partial charge on any atom is 0.268 e. The van der Waals surface area contributed by atoms with Crippen LogP contribution in [0.25, 0.3) is 167 Å². The standard InChI is InChI=1S/C70H47BN4O3.C60H46N4O.2Pt/c1-70(2,3)49-35-36-72-67(41-49)75-59-28-13-10-23-55(59)56-34-33-51(43-62(56)75)76-52-38-47(48-39-65-68-66(40-48)78-64-32-17-12-27-58(64)71(68)57-26-11-16-31-63(57)77-65)37-50(42-52)73-44-74(61-30-15-14-29-60(61)73)69-53(45-19-6-4-7-20-45)24-18-25-54(69)46-21-8-5-9-22-46;1-40-18-16-19-41(2)58(40)44-34-46(37-48(35-44)65-47-30-31-52-51-24-12-13-27-53(51)64(56(52)38-47)57-36-45(32-33-61-57)60(3,4)5)62-39-63(55-29-15-14-28-54(55)62)59-49(42-20-8-6-9-21-42)25-17-26-50(59)43-22-10-7-11-23-43;;/h4-41H,1-3H3;6-36H,1-5H3;;/q2*-2;;/i4D,5D,6D,7D,8D,9D,19D,20D,21D,22D;1D3,2D3,6D,7D,8D,9D,10D,11D,20D,21D,22D,23D;;. The number of rotatable bonds is 16. The number of hydrogen-bond donors (Lipinski definition) is 0. The van der Waals surface area contributed by atoms with Crippen molar-refractivity contribution >= 4 is 88.8 Å². The maximum atomic E-state index is 9.24. The first kappa shape index (κ1) is 67.0. The van der Waals surface area contributed by atoms with Gasteiger partial charge in [0.2, 0.25) is 0 Å². The molecule has 0 spiro atoms. The van der Waals surface area contributed by atoms with Gasteiger partial charge in [0.1, 0.15) is 34.6 Å². The molecule has 18 aromatic carbocycles. The Kier molecular flexibility index (Phi) is 17.4. The molecule has 0 saturated carbocycles. The number of benzene rings is 18. The molecule has 24 aromatic rings. The van der Waals surface area contributed by atoms with E-state index >= 15 is 0 Å². The van der Waals surface area contributed by atoms with E-state index in [2.05, 4.69) is 113 Å². The van der Waals surface area contributed by atoms with E-state index in [1.807, 2.05) is 168 Å². The van der Waals surface area contributed by atoms with Crippen LogP contribution in [0.4, 0.5) is 0 Å². The van der Waals surface area contributed by atoms with E-state index in [-0.39, 0.29) is 161 Å². The van der Waals surface area contributed by atoms with E-state index in [0.717, 1.165) is 82.9 Å². The van der Waals surface area contributed by atoms with Crippen LogP contribution < -0.4 is 44.5 Å². The number of pyridine rings is 2. The summed E-state index contributed by atoms with van der Waals surface area (Å²) in [6.45, 7) is 7.06. The van der Waals surface area contributed by atoms with E-state index < -0.39 is 135 Å². The van der Waals surface area contributed by atoms with E-state index in [4.69, 9.17) is 59.1 Å². The number of nitrogens with zero attached hydrogens (tertiary/aromatic N) is 8. The van der Waals surface area contributed by atoms with Gasteiger partial charge in [0.05, 0.1) is 60.9 Å². The number of aromatic nitrogens is 8. The third-order valence-corrected chi connectivity index (χ3v) is 26.1. The molecule has 145 heavy (non-hydrogen) atoms. The molecule has 12 nitrogen and oxygen atoms in total. The zero-order chi connectivity index (χ0) is 119. The summed E-state index contributed by atoms with van der Waals surface area (Å²) in [7, 11) is 0. The molecule has 2 aliphatic rings. The van der Waals surface area contributed by atoms with Crippen LogP contribution in [0, 0.1) is 50.6 Å². The molecule has 0 fully saturated rings.